The molecule has 0 aliphatic heterocycles. The second-order valence-electron chi connectivity index (χ2n) is 4.06. The molecule has 0 aromatic heterocycles. The predicted octanol–water partition coefficient (Wildman–Crippen LogP) is 1.91. The van der Waals surface area contributed by atoms with Crippen LogP contribution in [-0.2, 0) is 13.8 Å². The smallest absolute Gasteiger partial charge is 0.264 e. The first-order chi connectivity index (χ1) is 9.25. The normalized spacial score (nSPS) is 13.0. The van der Waals surface area contributed by atoms with Gasteiger partial charge in [0.2, 0.25) is 0 Å². The van der Waals surface area contributed by atoms with Crippen LogP contribution in [-0.4, -0.2) is 33.6 Å². The number of ether oxygens (including phenoxy) is 1. The van der Waals surface area contributed by atoms with Crippen LogP contribution in [0.5, 0.6) is 0 Å². The fourth-order valence-electron chi connectivity index (χ4n) is 1.51. The van der Waals surface area contributed by atoms with Crippen molar-refractivity contribution >= 4 is 25.6 Å². The van der Waals surface area contributed by atoms with Gasteiger partial charge in [0.1, 0.15) is 10.7 Å². The van der Waals surface area contributed by atoms with Gasteiger partial charge in [-0.2, -0.15) is 0 Å². The Labute approximate surface area is 121 Å². The summed E-state index contributed by atoms with van der Waals surface area (Å²) < 4.78 is 40.9. The Morgan fingerprint density at radius 3 is 2.70 bits per heavy atom. The molecular formula is C12H15ClFNO4S. The number of benzene rings is 1. The molecule has 1 aromatic carbocycles. The van der Waals surface area contributed by atoms with Crippen molar-refractivity contribution in [3.63, 3.8) is 0 Å². The van der Waals surface area contributed by atoms with E-state index in [1.54, 1.807) is 6.92 Å². The molecule has 1 amide bonds. The molecule has 0 saturated heterocycles. The van der Waals surface area contributed by atoms with Crippen LogP contribution in [0.15, 0.2) is 23.1 Å². The van der Waals surface area contributed by atoms with Gasteiger partial charge >= 0.3 is 0 Å². The van der Waals surface area contributed by atoms with Gasteiger partial charge in [-0.1, -0.05) is 0 Å². The lowest BCUT2D eigenvalue weighted by molar-refractivity contribution is 0.0695. The number of hydrogen-bond acceptors (Lipinski definition) is 4. The van der Waals surface area contributed by atoms with E-state index in [1.165, 1.54) is 6.07 Å². The van der Waals surface area contributed by atoms with Crippen molar-refractivity contribution in [2.24, 2.45) is 0 Å². The Kier molecular flexibility index (Phi) is 5.91. The molecule has 0 fully saturated rings. The van der Waals surface area contributed by atoms with Crippen LogP contribution in [0, 0.1) is 5.82 Å². The minimum Gasteiger partial charge on any atom is -0.377 e. The molecule has 0 heterocycles. The van der Waals surface area contributed by atoms with Crippen molar-refractivity contribution in [3.8, 4) is 0 Å². The maximum absolute atomic E-state index is 13.3. The fraction of sp³-hybridized carbons (Fsp3) is 0.417. The molecule has 5 nitrogen and oxygen atoms in total. The molecule has 8 heteroatoms. The number of nitrogens with one attached hydrogen (secondary N) is 1. The second kappa shape index (κ2) is 7.01. The molecule has 1 unspecified atom stereocenters. The van der Waals surface area contributed by atoms with Crippen molar-refractivity contribution in [3.05, 3.63) is 29.6 Å². The highest BCUT2D eigenvalue weighted by atomic mass is 35.7. The van der Waals surface area contributed by atoms with Crippen LogP contribution >= 0.6 is 10.7 Å². The van der Waals surface area contributed by atoms with Gasteiger partial charge in [0, 0.05) is 29.4 Å². The number of carbonyl (C=O) groups is 1. The van der Waals surface area contributed by atoms with E-state index in [1.807, 2.05) is 6.92 Å². The maximum atomic E-state index is 13.3. The first-order valence-electron chi connectivity index (χ1n) is 5.89. The predicted molar refractivity (Wildman–Crippen MR) is 72.9 cm³/mol. The van der Waals surface area contributed by atoms with Crippen molar-refractivity contribution < 1.29 is 22.3 Å². The largest absolute Gasteiger partial charge is 0.377 e. The van der Waals surface area contributed by atoms with E-state index >= 15 is 0 Å². The van der Waals surface area contributed by atoms with Crippen LogP contribution in [0.4, 0.5) is 4.39 Å². The molecule has 0 spiro atoms. The molecule has 112 valence electrons. The summed E-state index contributed by atoms with van der Waals surface area (Å²) in [6, 6.07) is 2.97. The van der Waals surface area contributed by atoms with Crippen LogP contribution in [0.1, 0.15) is 24.2 Å². The molecule has 0 saturated carbocycles. The second-order valence-corrected chi connectivity index (χ2v) is 6.59. The summed E-state index contributed by atoms with van der Waals surface area (Å²) in [6.07, 6.45) is -0.180. The van der Waals surface area contributed by atoms with Crippen LogP contribution in [0.2, 0.25) is 0 Å². The van der Waals surface area contributed by atoms with Crippen molar-refractivity contribution in [1.29, 1.82) is 0 Å². The van der Waals surface area contributed by atoms with Gasteiger partial charge in [0.25, 0.3) is 15.0 Å². The van der Waals surface area contributed by atoms with E-state index in [9.17, 15) is 17.6 Å². The van der Waals surface area contributed by atoms with Crippen molar-refractivity contribution in [2.75, 3.05) is 13.2 Å². The molecule has 0 aliphatic carbocycles. The fourth-order valence-corrected chi connectivity index (χ4v) is 2.44. The van der Waals surface area contributed by atoms with Gasteiger partial charge < -0.3 is 10.1 Å². The molecule has 1 rings (SSSR count). The number of halogens is 2. The Hall–Kier alpha value is -1.18. The minimum absolute atomic E-state index is 0.00863. The summed E-state index contributed by atoms with van der Waals surface area (Å²) >= 11 is 0. The lowest BCUT2D eigenvalue weighted by Gasteiger charge is -2.12. The summed E-state index contributed by atoms with van der Waals surface area (Å²) in [5, 5.41) is 2.56. The van der Waals surface area contributed by atoms with Gasteiger partial charge in [-0.25, -0.2) is 12.8 Å². The lowest BCUT2D eigenvalue weighted by Crippen LogP contribution is -2.32. The van der Waals surface area contributed by atoms with Crippen molar-refractivity contribution in [2.45, 2.75) is 24.8 Å². The van der Waals surface area contributed by atoms with Gasteiger partial charge in [0.15, 0.2) is 0 Å². The monoisotopic (exact) mass is 323 g/mol. The molecular weight excluding hydrogens is 309 g/mol. The van der Waals surface area contributed by atoms with Crippen molar-refractivity contribution in [1.82, 2.24) is 5.32 Å². The zero-order valence-electron chi connectivity index (χ0n) is 11.0. The topological polar surface area (TPSA) is 72.5 Å². The molecule has 0 aliphatic rings. The van der Waals surface area contributed by atoms with Gasteiger partial charge in [0.05, 0.1) is 6.10 Å². The van der Waals surface area contributed by atoms with Crippen LogP contribution in [0.3, 0.4) is 0 Å². The zero-order chi connectivity index (χ0) is 15.3. The Balaban J connectivity index is 2.85. The van der Waals surface area contributed by atoms with Gasteiger partial charge in [-0.05, 0) is 32.0 Å². The highest BCUT2D eigenvalue weighted by molar-refractivity contribution is 8.13. The van der Waals surface area contributed by atoms with E-state index in [2.05, 4.69) is 5.32 Å². The average Bonchev–Trinajstić information content (AvgIpc) is 2.35. The van der Waals surface area contributed by atoms with E-state index in [0.717, 1.165) is 12.1 Å². The van der Waals surface area contributed by atoms with E-state index in [0.29, 0.717) is 6.61 Å². The number of carbonyl (C=O) groups excluding carboxylic acids is 1. The van der Waals surface area contributed by atoms with Crippen LogP contribution in [0.25, 0.3) is 0 Å². The minimum atomic E-state index is -4.24. The standard InChI is InChI=1S/C12H15ClFNO4S/c1-3-19-8(2)7-15-12(16)9-4-5-10(14)11(6-9)20(13,17)18/h4-6,8H,3,7H2,1-2H3,(H,15,16). The summed E-state index contributed by atoms with van der Waals surface area (Å²) in [4.78, 5) is 11.1. The third kappa shape index (κ3) is 4.73. The summed E-state index contributed by atoms with van der Waals surface area (Å²) in [7, 11) is 0.853. The molecule has 0 bridgehead atoms. The number of rotatable bonds is 6. The summed E-state index contributed by atoms with van der Waals surface area (Å²) in [5.74, 6) is -1.53. The third-order valence-electron chi connectivity index (χ3n) is 2.46. The first-order valence-corrected chi connectivity index (χ1v) is 8.20. The summed E-state index contributed by atoms with van der Waals surface area (Å²) in [5.41, 5.74) is 0.00863. The van der Waals surface area contributed by atoms with E-state index < -0.39 is 25.7 Å². The Bertz CT molecular complexity index is 591. The lowest BCUT2D eigenvalue weighted by atomic mass is 10.2. The Morgan fingerprint density at radius 2 is 2.15 bits per heavy atom. The third-order valence-corrected chi connectivity index (χ3v) is 3.79. The SMILES string of the molecule is CCOC(C)CNC(=O)c1ccc(F)c(S(=O)(=O)Cl)c1. The Morgan fingerprint density at radius 1 is 1.50 bits per heavy atom. The maximum Gasteiger partial charge on any atom is 0.264 e. The quantitative estimate of drug-likeness (QED) is 0.812. The highest BCUT2D eigenvalue weighted by Crippen LogP contribution is 2.20. The summed E-state index contributed by atoms with van der Waals surface area (Å²) in [6.45, 7) is 4.38. The van der Waals surface area contributed by atoms with Gasteiger partial charge in [-0.15, -0.1) is 0 Å². The van der Waals surface area contributed by atoms with Crippen LogP contribution < -0.4 is 5.32 Å². The van der Waals surface area contributed by atoms with Gasteiger partial charge in [-0.3, -0.25) is 4.79 Å². The average molecular weight is 324 g/mol. The molecule has 0 radical (unpaired) electrons. The zero-order valence-corrected chi connectivity index (χ0v) is 12.6. The first kappa shape index (κ1) is 16.9. The highest BCUT2D eigenvalue weighted by Gasteiger charge is 2.19. The molecule has 1 aromatic rings. The van der Waals surface area contributed by atoms with E-state index in [4.69, 9.17) is 15.4 Å². The van der Waals surface area contributed by atoms with E-state index in [-0.39, 0.29) is 18.2 Å². The number of hydrogen-bond donors (Lipinski definition) is 1. The number of amides is 1. The molecule has 1 atom stereocenters. The molecule has 1 N–H and O–H groups in total. The molecule has 20 heavy (non-hydrogen) atoms.